The van der Waals surface area contributed by atoms with Crippen LogP contribution in [0, 0.1) is 0 Å². The molecule has 0 aromatic carbocycles. The minimum atomic E-state index is 0.114. The Morgan fingerprint density at radius 1 is 0.511 bits per heavy atom. The number of unbranched alkanes of at least 4 members (excludes halogenated alkanes) is 22. The predicted molar refractivity (Wildman–Crippen MR) is 195 cm³/mol. The largest absolute Gasteiger partial charge is 0.294 e. The molecule has 0 radical (unpaired) electrons. The highest BCUT2D eigenvalue weighted by Crippen LogP contribution is 2.16. The van der Waals surface area contributed by atoms with Crippen molar-refractivity contribution < 1.29 is 14.2 Å². The van der Waals surface area contributed by atoms with E-state index in [1.807, 2.05) is 29.9 Å². The van der Waals surface area contributed by atoms with Crippen molar-refractivity contribution in [1.29, 1.82) is 0 Å². The van der Waals surface area contributed by atoms with E-state index in [0.29, 0.717) is 24.1 Å². The fourth-order valence-corrected chi connectivity index (χ4v) is 6.15. The molecule has 0 saturated heterocycles. The van der Waals surface area contributed by atoms with E-state index in [0.717, 1.165) is 25.7 Å². The number of hydrogen-bond acceptors (Lipinski definition) is 2. The second-order valence-corrected chi connectivity index (χ2v) is 13.4. The van der Waals surface area contributed by atoms with Gasteiger partial charge in [0.25, 0.3) is 5.69 Å². The summed E-state index contributed by atoms with van der Waals surface area (Å²) in [6.45, 7) is 4.54. The van der Waals surface area contributed by atoms with Crippen molar-refractivity contribution in [3.8, 4) is 0 Å². The highest BCUT2D eigenvalue weighted by molar-refractivity contribution is 6.06. The Kier molecular flexibility index (Phi) is 27.9. The Hall–Kier alpha value is -2.03. The van der Waals surface area contributed by atoms with E-state index in [1.165, 1.54) is 141 Å². The molecule has 1 aromatic heterocycles. The number of Topliss-reactive ketones (excluding diaryl/α,β-unsaturated/α-hetero) is 2. The molecule has 256 valence electrons. The summed E-state index contributed by atoms with van der Waals surface area (Å²) in [6.07, 6.45) is 44.9. The zero-order chi connectivity index (χ0) is 32.6. The molecule has 0 amide bonds. The van der Waals surface area contributed by atoms with Crippen molar-refractivity contribution in [3.63, 3.8) is 0 Å². The molecular weight excluding hydrogens is 550 g/mol. The molecule has 0 aliphatic rings. The Balaban J connectivity index is 2.16. The van der Waals surface area contributed by atoms with Crippen LogP contribution in [0.3, 0.4) is 0 Å². The molecule has 0 spiro atoms. The molecule has 1 aromatic rings. The van der Waals surface area contributed by atoms with Crippen molar-refractivity contribution in [3.05, 3.63) is 53.9 Å². The molecule has 45 heavy (non-hydrogen) atoms. The van der Waals surface area contributed by atoms with Gasteiger partial charge in [0, 0.05) is 18.9 Å². The molecule has 0 bridgehead atoms. The van der Waals surface area contributed by atoms with Gasteiger partial charge in [-0.2, -0.15) is 4.57 Å². The topological polar surface area (TPSA) is 38.0 Å². The second-order valence-electron chi connectivity index (χ2n) is 13.4. The number of rotatable bonds is 32. The van der Waals surface area contributed by atoms with Gasteiger partial charge in [0.05, 0.1) is 5.56 Å². The highest BCUT2D eigenvalue weighted by atomic mass is 16.1. The first-order valence-electron chi connectivity index (χ1n) is 19.5. The first-order chi connectivity index (χ1) is 22.1. The first kappa shape index (κ1) is 41.0. The third kappa shape index (κ3) is 23.0. The summed E-state index contributed by atoms with van der Waals surface area (Å²) >= 11 is 0. The summed E-state index contributed by atoms with van der Waals surface area (Å²) in [5, 5.41) is 0. The van der Waals surface area contributed by atoms with Gasteiger partial charge >= 0.3 is 0 Å². The smallest absolute Gasteiger partial charge is 0.259 e. The molecule has 0 aliphatic heterocycles. The average molecular weight is 623 g/mol. The van der Waals surface area contributed by atoms with Gasteiger partial charge in [-0.15, -0.1) is 0 Å². The maximum absolute atomic E-state index is 13.1. The fraction of sp³-hybridized carbons (Fsp3) is 0.738. The molecule has 3 heteroatoms. The normalized spacial score (nSPS) is 11.7. The lowest BCUT2D eigenvalue weighted by Gasteiger charge is -2.07. The van der Waals surface area contributed by atoms with Crippen molar-refractivity contribution in [1.82, 2.24) is 0 Å². The average Bonchev–Trinajstić information content (AvgIpc) is 3.04. The third-order valence-corrected chi connectivity index (χ3v) is 9.08. The monoisotopic (exact) mass is 623 g/mol. The summed E-state index contributed by atoms with van der Waals surface area (Å²) in [6, 6.07) is 3.75. The van der Waals surface area contributed by atoms with Gasteiger partial charge in [-0.25, -0.2) is 0 Å². The standard InChI is InChI=1S/C42H72NO2/c1-4-6-8-10-12-14-16-18-20-22-24-26-28-30-32-36-40(44)39-35-34-38-43(3)42(39)41(45)37-33-31-29-27-25-23-21-19-17-15-13-11-9-7-5-2/h18-21,34-35,38H,4-17,22-33,36-37H2,1-3H3/q+1. The van der Waals surface area contributed by atoms with Crippen LogP contribution >= 0.6 is 0 Å². The molecule has 1 rings (SSSR count). The molecule has 0 fully saturated rings. The second kappa shape index (κ2) is 30.6. The minimum absolute atomic E-state index is 0.114. The van der Waals surface area contributed by atoms with Gasteiger partial charge in [-0.3, -0.25) is 9.59 Å². The van der Waals surface area contributed by atoms with E-state index >= 15 is 0 Å². The maximum Gasteiger partial charge on any atom is 0.259 e. The first-order valence-corrected chi connectivity index (χ1v) is 19.5. The number of ketones is 2. The number of hydrogen-bond donors (Lipinski definition) is 0. The number of nitrogens with zero attached hydrogens (tertiary/aromatic N) is 1. The van der Waals surface area contributed by atoms with Gasteiger partial charge in [0.2, 0.25) is 5.78 Å². The number of pyridine rings is 1. The van der Waals surface area contributed by atoms with Crippen molar-refractivity contribution in [2.75, 3.05) is 0 Å². The van der Waals surface area contributed by atoms with Crippen LogP contribution in [-0.4, -0.2) is 11.6 Å². The summed E-state index contributed by atoms with van der Waals surface area (Å²) < 4.78 is 1.85. The quantitative estimate of drug-likeness (QED) is 0.0347. The summed E-state index contributed by atoms with van der Waals surface area (Å²) in [5.41, 5.74) is 1.22. The van der Waals surface area contributed by atoms with Crippen LogP contribution in [0.15, 0.2) is 42.6 Å². The van der Waals surface area contributed by atoms with Crippen LogP contribution in [0.5, 0.6) is 0 Å². The van der Waals surface area contributed by atoms with Crippen LogP contribution in [0.4, 0.5) is 0 Å². The maximum atomic E-state index is 13.1. The molecule has 0 atom stereocenters. The zero-order valence-corrected chi connectivity index (χ0v) is 30.1. The fourth-order valence-electron chi connectivity index (χ4n) is 6.15. The van der Waals surface area contributed by atoms with E-state index < -0.39 is 0 Å². The molecular formula is C42H72NO2+. The van der Waals surface area contributed by atoms with Crippen LogP contribution in [0.1, 0.15) is 214 Å². The third-order valence-electron chi connectivity index (χ3n) is 9.08. The van der Waals surface area contributed by atoms with Crippen LogP contribution in [-0.2, 0) is 7.05 Å². The Morgan fingerprint density at radius 2 is 0.867 bits per heavy atom. The lowest BCUT2D eigenvalue weighted by molar-refractivity contribution is -0.673. The van der Waals surface area contributed by atoms with Crippen LogP contribution < -0.4 is 4.57 Å². The minimum Gasteiger partial charge on any atom is -0.294 e. The van der Waals surface area contributed by atoms with Crippen molar-refractivity contribution >= 4 is 11.6 Å². The summed E-state index contributed by atoms with van der Waals surface area (Å²) in [7, 11) is 1.89. The van der Waals surface area contributed by atoms with Gasteiger partial charge in [-0.1, -0.05) is 141 Å². The lowest BCUT2D eigenvalue weighted by atomic mass is 9.98. The molecule has 0 aliphatic carbocycles. The van der Waals surface area contributed by atoms with E-state index in [4.69, 9.17) is 0 Å². The van der Waals surface area contributed by atoms with Gasteiger partial charge in [-0.05, 0) is 70.3 Å². The SMILES string of the molecule is CCCCCCCCC=CCCCCCCCC(=O)c1ccc[n+](C)c1C(=O)CCCCCCCC=CCCCCCCCC. The number of aromatic nitrogens is 1. The van der Waals surface area contributed by atoms with E-state index in [2.05, 4.69) is 38.2 Å². The van der Waals surface area contributed by atoms with Gasteiger partial charge in [0.1, 0.15) is 7.05 Å². The molecule has 0 saturated carbocycles. The number of carbonyl (C=O) groups is 2. The van der Waals surface area contributed by atoms with E-state index in [1.54, 1.807) is 0 Å². The lowest BCUT2D eigenvalue weighted by Crippen LogP contribution is -2.38. The van der Waals surface area contributed by atoms with E-state index in [9.17, 15) is 9.59 Å². The highest BCUT2D eigenvalue weighted by Gasteiger charge is 2.25. The van der Waals surface area contributed by atoms with Crippen LogP contribution in [0.25, 0.3) is 0 Å². The van der Waals surface area contributed by atoms with Crippen molar-refractivity contribution in [2.45, 2.75) is 194 Å². The number of allylic oxidation sites excluding steroid dienone is 4. The molecule has 1 heterocycles. The van der Waals surface area contributed by atoms with Gasteiger partial charge < -0.3 is 0 Å². The summed E-state index contributed by atoms with van der Waals surface area (Å²) in [5.74, 6) is 0.236. The van der Waals surface area contributed by atoms with Gasteiger partial charge in [0.15, 0.2) is 12.0 Å². The number of aryl methyl sites for hydroxylation is 1. The Labute approximate surface area is 279 Å². The molecule has 3 nitrogen and oxygen atoms in total. The van der Waals surface area contributed by atoms with Crippen LogP contribution in [0.2, 0.25) is 0 Å². The Bertz CT molecular complexity index is 915. The van der Waals surface area contributed by atoms with Crippen molar-refractivity contribution in [2.24, 2.45) is 7.05 Å². The zero-order valence-electron chi connectivity index (χ0n) is 30.1. The summed E-state index contributed by atoms with van der Waals surface area (Å²) in [4.78, 5) is 26.2. The predicted octanol–water partition coefficient (Wildman–Crippen LogP) is 13.0. The molecule has 0 N–H and O–H groups in total. The number of carbonyl (C=O) groups excluding carboxylic acids is 2. The van der Waals surface area contributed by atoms with E-state index in [-0.39, 0.29) is 11.6 Å². The molecule has 0 unspecified atom stereocenters. The Morgan fingerprint density at radius 3 is 1.29 bits per heavy atom.